The molecule has 0 bridgehead atoms. The Kier molecular flexibility index (Phi) is 3.14. The zero-order valence-corrected chi connectivity index (χ0v) is 11.6. The monoisotopic (exact) mass is 351 g/mol. The van der Waals surface area contributed by atoms with Crippen LogP contribution in [0.1, 0.15) is 5.56 Å². The van der Waals surface area contributed by atoms with E-state index < -0.39 is 0 Å². The van der Waals surface area contributed by atoms with Crippen LogP contribution in [0, 0.1) is 3.83 Å². The highest BCUT2D eigenvalue weighted by Crippen LogP contribution is 2.19. The lowest BCUT2D eigenvalue weighted by Gasteiger charge is -2.06. The lowest BCUT2D eigenvalue weighted by atomic mass is 10.2. The summed E-state index contributed by atoms with van der Waals surface area (Å²) in [5.74, 6) is 0.747. The lowest BCUT2D eigenvalue weighted by Crippen LogP contribution is -1.97. The molecule has 2 aromatic heterocycles. The van der Waals surface area contributed by atoms with Crippen molar-refractivity contribution in [3.05, 3.63) is 58.1 Å². The first kappa shape index (κ1) is 11.5. The van der Waals surface area contributed by atoms with Crippen molar-refractivity contribution in [2.45, 2.75) is 6.61 Å². The molecular formula is C13H10IN3O. The second kappa shape index (κ2) is 4.93. The van der Waals surface area contributed by atoms with Crippen LogP contribution in [0.5, 0.6) is 5.75 Å². The summed E-state index contributed by atoms with van der Waals surface area (Å²) < 4.78 is 8.23. The maximum atomic E-state index is 5.79. The first-order chi connectivity index (χ1) is 8.83. The van der Waals surface area contributed by atoms with E-state index in [-0.39, 0.29) is 0 Å². The fourth-order valence-electron chi connectivity index (χ4n) is 1.70. The summed E-state index contributed by atoms with van der Waals surface area (Å²) in [7, 11) is 0. The molecule has 0 amide bonds. The summed E-state index contributed by atoms with van der Waals surface area (Å²) in [5.41, 5.74) is 1.88. The van der Waals surface area contributed by atoms with E-state index in [0.717, 1.165) is 17.0 Å². The standard InChI is InChI=1S/C13H10IN3O/c14-13-15-12-11(7-4-8-17(12)16-13)18-9-10-5-2-1-3-6-10/h1-8H,9H2. The highest BCUT2D eigenvalue weighted by atomic mass is 127. The Morgan fingerprint density at radius 3 is 2.78 bits per heavy atom. The summed E-state index contributed by atoms with van der Waals surface area (Å²) in [6, 6.07) is 13.9. The van der Waals surface area contributed by atoms with E-state index in [9.17, 15) is 0 Å². The number of nitrogens with zero attached hydrogens (tertiary/aromatic N) is 3. The van der Waals surface area contributed by atoms with Gasteiger partial charge in [-0.2, -0.15) is 4.98 Å². The number of pyridine rings is 1. The molecule has 0 fully saturated rings. The van der Waals surface area contributed by atoms with Gasteiger partial charge in [0.25, 0.3) is 0 Å². The first-order valence-electron chi connectivity index (χ1n) is 5.50. The fraction of sp³-hybridized carbons (Fsp3) is 0.0769. The second-order valence-corrected chi connectivity index (χ2v) is 4.76. The normalized spacial score (nSPS) is 10.7. The van der Waals surface area contributed by atoms with Gasteiger partial charge in [-0.15, -0.1) is 5.10 Å². The van der Waals surface area contributed by atoms with Crippen molar-refractivity contribution in [3.63, 3.8) is 0 Å². The van der Waals surface area contributed by atoms with E-state index in [2.05, 4.69) is 32.7 Å². The number of rotatable bonds is 3. The van der Waals surface area contributed by atoms with Crippen LogP contribution < -0.4 is 4.74 Å². The van der Waals surface area contributed by atoms with Crippen LogP contribution in [0.15, 0.2) is 48.7 Å². The van der Waals surface area contributed by atoms with Gasteiger partial charge < -0.3 is 4.74 Å². The van der Waals surface area contributed by atoms with Crippen molar-refractivity contribution in [1.82, 2.24) is 14.6 Å². The number of aromatic nitrogens is 3. The van der Waals surface area contributed by atoms with Crippen molar-refractivity contribution >= 4 is 28.2 Å². The number of hydrogen-bond donors (Lipinski definition) is 0. The summed E-state index contributed by atoms with van der Waals surface area (Å²) >= 11 is 2.09. The van der Waals surface area contributed by atoms with E-state index in [1.54, 1.807) is 4.52 Å². The van der Waals surface area contributed by atoms with E-state index in [1.807, 2.05) is 48.7 Å². The molecule has 0 atom stereocenters. The third-order valence-corrected chi connectivity index (χ3v) is 2.99. The van der Waals surface area contributed by atoms with Gasteiger partial charge in [-0.1, -0.05) is 30.3 Å². The summed E-state index contributed by atoms with van der Waals surface area (Å²) in [5, 5.41) is 4.24. The zero-order valence-electron chi connectivity index (χ0n) is 9.45. The van der Waals surface area contributed by atoms with Crippen LogP contribution in [0.25, 0.3) is 5.65 Å². The van der Waals surface area contributed by atoms with Gasteiger partial charge in [0.2, 0.25) is 3.83 Å². The van der Waals surface area contributed by atoms with Gasteiger partial charge in [-0.25, -0.2) is 4.52 Å². The van der Waals surface area contributed by atoms with Crippen molar-refractivity contribution in [2.75, 3.05) is 0 Å². The molecule has 0 spiro atoms. The third-order valence-electron chi connectivity index (χ3n) is 2.54. The topological polar surface area (TPSA) is 39.4 Å². The van der Waals surface area contributed by atoms with Gasteiger partial charge in [0.15, 0.2) is 11.4 Å². The molecule has 0 saturated carbocycles. The quantitative estimate of drug-likeness (QED) is 0.682. The van der Waals surface area contributed by atoms with E-state index >= 15 is 0 Å². The third kappa shape index (κ3) is 2.31. The van der Waals surface area contributed by atoms with E-state index in [4.69, 9.17) is 4.74 Å². The smallest absolute Gasteiger partial charge is 0.212 e. The fourth-order valence-corrected chi connectivity index (χ4v) is 2.16. The highest BCUT2D eigenvalue weighted by molar-refractivity contribution is 14.1. The summed E-state index contributed by atoms with van der Waals surface area (Å²) in [6.45, 7) is 0.532. The molecule has 0 radical (unpaired) electrons. The van der Waals surface area contributed by atoms with E-state index in [1.165, 1.54) is 0 Å². The maximum absolute atomic E-state index is 5.79. The second-order valence-electron chi connectivity index (χ2n) is 3.80. The van der Waals surface area contributed by atoms with Crippen molar-refractivity contribution in [1.29, 1.82) is 0 Å². The maximum Gasteiger partial charge on any atom is 0.212 e. The average Bonchev–Trinajstić information content (AvgIpc) is 2.78. The number of hydrogen-bond acceptors (Lipinski definition) is 3. The van der Waals surface area contributed by atoms with Gasteiger partial charge in [-0.3, -0.25) is 0 Å². The molecule has 1 aromatic carbocycles. The molecule has 0 saturated heterocycles. The summed E-state index contributed by atoms with van der Waals surface area (Å²) in [6.07, 6.45) is 1.86. The Balaban J connectivity index is 1.86. The lowest BCUT2D eigenvalue weighted by molar-refractivity contribution is 0.308. The largest absolute Gasteiger partial charge is 0.485 e. The van der Waals surface area contributed by atoms with Crippen LogP contribution >= 0.6 is 22.6 Å². The highest BCUT2D eigenvalue weighted by Gasteiger charge is 2.06. The molecule has 2 heterocycles. The molecule has 90 valence electrons. The Hall–Kier alpha value is -1.63. The molecule has 5 heteroatoms. The Morgan fingerprint density at radius 1 is 1.11 bits per heavy atom. The van der Waals surface area contributed by atoms with Gasteiger partial charge in [0.05, 0.1) is 0 Å². The molecule has 4 nitrogen and oxygen atoms in total. The SMILES string of the molecule is Ic1nc2c(OCc3ccccc3)cccn2n1. The Labute approximate surface area is 118 Å². The van der Waals surface area contributed by atoms with Crippen LogP contribution in [0.3, 0.4) is 0 Å². The molecule has 18 heavy (non-hydrogen) atoms. The number of fused-ring (bicyclic) bond motifs is 1. The number of halogens is 1. The minimum Gasteiger partial charge on any atom is -0.485 e. The Bertz CT molecular complexity index is 666. The number of ether oxygens (including phenoxy) is 1. The van der Waals surface area contributed by atoms with E-state index in [0.29, 0.717) is 10.4 Å². The minimum absolute atomic E-state index is 0.532. The molecule has 0 aliphatic rings. The van der Waals surface area contributed by atoms with Crippen LogP contribution in [-0.2, 0) is 6.61 Å². The predicted octanol–water partition coefficient (Wildman–Crippen LogP) is 2.91. The summed E-state index contributed by atoms with van der Waals surface area (Å²) in [4.78, 5) is 4.34. The van der Waals surface area contributed by atoms with Gasteiger partial charge in [0.1, 0.15) is 6.61 Å². The van der Waals surface area contributed by atoms with Gasteiger partial charge >= 0.3 is 0 Å². The van der Waals surface area contributed by atoms with Crippen molar-refractivity contribution < 1.29 is 4.74 Å². The Morgan fingerprint density at radius 2 is 1.94 bits per heavy atom. The molecular weight excluding hydrogens is 341 g/mol. The van der Waals surface area contributed by atoms with Crippen molar-refractivity contribution in [3.8, 4) is 5.75 Å². The predicted molar refractivity (Wildman–Crippen MR) is 76.5 cm³/mol. The molecule has 3 rings (SSSR count). The molecule has 0 unspecified atom stereocenters. The van der Waals surface area contributed by atoms with Crippen LogP contribution in [0.2, 0.25) is 0 Å². The molecule has 0 aliphatic carbocycles. The van der Waals surface area contributed by atoms with Crippen LogP contribution in [-0.4, -0.2) is 14.6 Å². The minimum atomic E-state index is 0.532. The van der Waals surface area contributed by atoms with Gasteiger partial charge in [-0.05, 0) is 17.7 Å². The first-order valence-corrected chi connectivity index (χ1v) is 6.58. The average molecular weight is 351 g/mol. The zero-order chi connectivity index (χ0) is 12.4. The van der Waals surface area contributed by atoms with Gasteiger partial charge in [0, 0.05) is 28.8 Å². The van der Waals surface area contributed by atoms with Crippen molar-refractivity contribution in [2.24, 2.45) is 0 Å². The molecule has 0 N–H and O–H groups in total. The van der Waals surface area contributed by atoms with Crippen LogP contribution in [0.4, 0.5) is 0 Å². The number of benzene rings is 1. The molecule has 3 aromatic rings. The molecule has 0 aliphatic heterocycles.